The van der Waals surface area contributed by atoms with Gasteiger partial charge in [0.1, 0.15) is 5.82 Å². The highest BCUT2D eigenvalue weighted by Gasteiger charge is 2.02. The molecule has 1 aromatic rings. The molecule has 0 aliphatic carbocycles. The Morgan fingerprint density at radius 2 is 2.31 bits per heavy atom. The van der Waals surface area contributed by atoms with Gasteiger partial charge < -0.3 is 22.2 Å². The predicted octanol–water partition coefficient (Wildman–Crippen LogP) is 0.594. The molecule has 0 radical (unpaired) electrons. The third-order valence-electron chi connectivity index (χ3n) is 1.64. The molecule has 0 amide bonds. The van der Waals surface area contributed by atoms with Crippen LogP contribution in [0.15, 0.2) is 11.2 Å². The van der Waals surface area contributed by atoms with Gasteiger partial charge in [-0.1, -0.05) is 11.6 Å². The number of nitrogens with two attached hydrogens (primary N) is 3. The van der Waals surface area contributed by atoms with Crippen molar-refractivity contribution in [3.63, 3.8) is 0 Å². The van der Waals surface area contributed by atoms with E-state index in [-0.39, 0.29) is 5.16 Å². The van der Waals surface area contributed by atoms with Crippen LogP contribution >= 0.6 is 11.6 Å². The van der Waals surface area contributed by atoms with Crippen molar-refractivity contribution < 1.29 is 0 Å². The summed E-state index contributed by atoms with van der Waals surface area (Å²) in [7, 11) is 0. The molecule has 0 fully saturated rings. The Morgan fingerprint density at radius 1 is 1.62 bits per heavy atom. The van der Waals surface area contributed by atoms with E-state index in [4.69, 9.17) is 28.8 Å². The monoisotopic (exact) mass is 200 g/mol. The molecule has 13 heavy (non-hydrogen) atoms. The van der Waals surface area contributed by atoms with Crippen molar-refractivity contribution in [2.45, 2.75) is 6.42 Å². The average Bonchev–Trinajstić information content (AvgIpc) is 2.31. The van der Waals surface area contributed by atoms with Crippen molar-refractivity contribution >= 4 is 23.5 Å². The number of rotatable bonds is 3. The number of anilines is 1. The van der Waals surface area contributed by atoms with Crippen LogP contribution in [0.25, 0.3) is 6.08 Å². The predicted molar refractivity (Wildman–Crippen MR) is 56.0 cm³/mol. The quantitative estimate of drug-likeness (QED) is 0.538. The molecule has 0 aromatic carbocycles. The summed E-state index contributed by atoms with van der Waals surface area (Å²) in [5, 5.41) is 0.213. The molecule has 1 rings (SSSR count). The molecule has 72 valence electrons. The molecule has 0 saturated heterocycles. The number of hydrogen-bond acceptors (Lipinski definition) is 3. The highest BCUT2D eigenvalue weighted by Crippen LogP contribution is 2.16. The van der Waals surface area contributed by atoms with Crippen LogP contribution in [0.2, 0.25) is 0 Å². The third kappa shape index (κ3) is 2.68. The largest absolute Gasteiger partial charge is 0.389 e. The Balaban J connectivity index is 2.90. The van der Waals surface area contributed by atoms with Crippen LogP contribution in [0.1, 0.15) is 11.3 Å². The smallest absolute Gasteiger partial charge is 0.108 e. The van der Waals surface area contributed by atoms with Gasteiger partial charge in [-0.3, -0.25) is 0 Å². The number of H-pyrrole nitrogens is 1. The van der Waals surface area contributed by atoms with Gasteiger partial charge in [-0.05, 0) is 25.1 Å². The Bertz CT molecular complexity index is 312. The van der Waals surface area contributed by atoms with E-state index in [1.165, 1.54) is 0 Å². The van der Waals surface area contributed by atoms with Gasteiger partial charge in [0.15, 0.2) is 0 Å². The minimum atomic E-state index is 0.213. The average molecular weight is 201 g/mol. The molecule has 0 aliphatic rings. The van der Waals surface area contributed by atoms with Gasteiger partial charge in [-0.15, -0.1) is 0 Å². The molecule has 0 atom stereocenters. The van der Waals surface area contributed by atoms with Crippen molar-refractivity contribution in [1.29, 1.82) is 0 Å². The molecule has 0 bridgehead atoms. The molecule has 0 saturated carbocycles. The van der Waals surface area contributed by atoms with E-state index in [9.17, 15) is 0 Å². The lowest BCUT2D eigenvalue weighted by atomic mass is 10.2. The molecule has 1 aromatic heterocycles. The van der Waals surface area contributed by atoms with Crippen LogP contribution in [0, 0.1) is 0 Å². The lowest BCUT2D eigenvalue weighted by molar-refractivity contribution is 0.937. The zero-order valence-electron chi connectivity index (χ0n) is 7.18. The fourth-order valence-corrected chi connectivity index (χ4v) is 1.22. The summed E-state index contributed by atoms with van der Waals surface area (Å²) in [6.07, 6.45) is 2.37. The van der Waals surface area contributed by atoms with Crippen LogP contribution in [0.4, 0.5) is 5.82 Å². The second-order valence-electron chi connectivity index (χ2n) is 2.73. The maximum Gasteiger partial charge on any atom is 0.108 e. The van der Waals surface area contributed by atoms with Crippen LogP contribution in [-0.2, 0) is 6.42 Å². The van der Waals surface area contributed by atoms with Crippen molar-refractivity contribution in [3.8, 4) is 0 Å². The zero-order chi connectivity index (χ0) is 9.84. The van der Waals surface area contributed by atoms with Crippen molar-refractivity contribution in [3.05, 3.63) is 22.5 Å². The molecular weight excluding hydrogens is 188 g/mol. The van der Waals surface area contributed by atoms with E-state index < -0.39 is 0 Å². The minimum absolute atomic E-state index is 0.213. The molecule has 0 unspecified atom stereocenters. The summed E-state index contributed by atoms with van der Waals surface area (Å²) in [6, 6.07) is 1.89. The third-order valence-corrected chi connectivity index (χ3v) is 1.75. The molecule has 4 nitrogen and oxygen atoms in total. The Morgan fingerprint density at radius 3 is 2.85 bits per heavy atom. The van der Waals surface area contributed by atoms with E-state index in [1.54, 1.807) is 6.08 Å². The van der Waals surface area contributed by atoms with Crippen LogP contribution in [0.5, 0.6) is 0 Å². The van der Waals surface area contributed by atoms with Gasteiger partial charge in [0.2, 0.25) is 0 Å². The first-order valence-electron chi connectivity index (χ1n) is 3.93. The highest BCUT2D eigenvalue weighted by molar-refractivity contribution is 6.31. The van der Waals surface area contributed by atoms with Gasteiger partial charge in [-0.2, -0.15) is 0 Å². The first-order valence-corrected chi connectivity index (χ1v) is 4.31. The van der Waals surface area contributed by atoms with Crippen molar-refractivity contribution in [2.75, 3.05) is 12.3 Å². The molecular formula is C8H13ClN4. The minimum Gasteiger partial charge on any atom is -0.389 e. The van der Waals surface area contributed by atoms with Gasteiger partial charge >= 0.3 is 0 Å². The summed E-state index contributed by atoms with van der Waals surface area (Å²) in [5.41, 5.74) is 18.2. The number of nitrogens with one attached hydrogen (secondary N) is 1. The summed E-state index contributed by atoms with van der Waals surface area (Å²) < 4.78 is 0. The van der Waals surface area contributed by atoms with E-state index >= 15 is 0 Å². The van der Waals surface area contributed by atoms with Gasteiger partial charge in [0.05, 0.1) is 5.16 Å². The summed E-state index contributed by atoms with van der Waals surface area (Å²) in [4.78, 5) is 2.99. The molecule has 0 spiro atoms. The maximum atomic E-state index is 5.66. The first-order chi connectivity index (χ1) is 6.13. The molecule has 1 heterocycles. The van der Waals surface area contributed by atoms with E-state index in [0.717, 1.165) is 17.7 Å². The lowest BCUT2D eigenvalue weighted by Crippen LogP contribution is -2.02. The fraction of sp³-hybridized carbons (Fsp3) is 0.250. The second-order valence-corrected chi connectivity index (χ2v) is 3.17. The number of nitrogen functional groups attached to an aromatic ring is 1. The Labute approximate surface area is 81.7 Å². The van der Waals surface area contributed by atoms with Gasteiger partial charge in [-0.25, -0.2) is 0 Å². The summed E-state index contributed by atoms with van der Waals surface area (Å²) in [5.74, 6) is 0.562. The normalized spacial score (nSPS) is 12.0. The Kier molecular flexibility index (Phi) is 3.22. The molecule has 7 N–H and O–H groups in total. The highest BCUT2D eigenvalue weighted by atomic mass is 35.5. The maximum absolute atomic E-state index is 5.66. The summed E-state index contributed by atoms with van der Waals surface area (Å²) in [6.45, 7) is 0.583. The summed E-state index contributed by atoms with van der Waals surface area (Å²) >= 11 is 5.52. The number of hydrogen-bond donors (Lipinski definition) is 4. The topological polar surface area (TPSA) is 93.8 Å². The standard InChI is InChI=1S/C8H13ClN4/c9-7(11)4-5-3-6(1-2-10)13-8(5)12/h3-4,13H,1-2,10-12H2/b7-4-. The lowest BCUT2D eigenvalue weighted by Gasteiger charge is -1.90. The van der Waals surface area contributed by atoms with Crippen LogP contribution in [-0.4, -0.2) is 11.5 Å². The van der Waals surface area contributed by atoms with Crippen molar-refractivity contribution in [2.24, 2.45) is 11.5 Å². The zero-order valence-corrected chi connectivity index (χ0v) is 7.93. The van der Waals surface area contributed by atoms with Gasteiger partial charge in [0.25, 0.3) is 0 Å². The van der Waals surface area contributed by atoms with E-state index in [1.807, 2.05) is 6.07 Å². The number of aromatic amines is 1. The van der Waals surface area contributed by atoms with E-state index in [0.29, 0.717) is 12.4 Å². The second kappa shape index (κ2) is 4.20. The SMILES string of the molecule is NCCc1cc(/C=C(\N)Cl)c(N)[nH]1. The van der Waals surface area contributed by atoms with Crippen LogP contribution < -0.4 is 17.2 Å². The van der Waals surface area contributed by atoms with Crippen molar-refractivity contribution in [1.82, 2.24) is 4.98 Å². The fourth-order valence-electron chi connectivity index (χ4n) is 1.10. The van der Waals surface area contributed by atoms with Crippen LogP contribution in [0.3, 0.4) is 0 Å². The number of halogens is 1. The van der Waals surface area contributed by atoms with Gasteiger partial charge in [0, 0.05) is 11.3 Å². The number of aromatic nitrogens is 1. The van der Waals surface area contributed by atoms with E-state index in [2.05, 4.69) is 4.98 Å². The molecule has 0 aliphatic heterocycles. The first kappa shape index (κ1) is 9.95. The Hall–Kier alpha value is -1.13. The molecule has 5 heteroatoms.